The Hall–Kier alpha value is -2.05. The summed E-state index contributed by atoms with van der Waals surface area (Å²) in [5, 5.41) is 3.98. The first kappa shape index (κ1) is 14.9. The summed E-state index contributed by atoms with van der Waals surface area (Å²) >= 11 is 7.46. The summed E-state index contributed by atoms with van der Waals surface area (Å²) in [6.45, 7) is 1.84. The zero-order chi connectivity index (χ0) is 15.7. The van der Waals surface area contributed by atoms with Crippen molar-refractivity contribution in [3.05, 3.63) is 41.3 Å². The number of hydrogen-bond acceptors (Lipinski definition) is 4. The van der Waals surface area contributed by atoms with E-state index in [9.17, 15) is 4.39 Å². The number of fused-ring (bicyclic) bond motifs is 1. The Morgan fingerprint density at radius 2 is 2.18 bits per heavy atom. The lowest BCUT2D eigenvalue weighted by Gasteiger charge is -2.03. The van der Waals surface area contributed by atoms with Crippen LogP contribution in [0.1, 0.15) is 6.92 Å². The number of nitrogens with zero attached hydrogens (tertiary/aromatic N) is 3. The number of halogens is 2. The molecule has 7 heteroatoms. The van der Waals surface area contributed by atoms with E-state index >= 15 is 0 Å². The maximum Gasteiger partial charge on any atom is 0.150 e. The van der Waals surface area contributed by atoms with Crippen LogP contribution in [0.5, 0.6) is 0 Å². The number of nitrogens with one attached hydrogen (secondary N) is 1. The van der Waals surface area contributed by atoms with E-state index in [1.165, 1.54) is 17.4 Å². The first-order valence-electron chi connectivity index (χ1n) is 6.50. The molecule has 0 fully saturated rings. The van der Waals surface area contributed by atoms with E-state index in [-0.39, 0.29) is 5.82 Å². The molecule has 22 heavy (non-hydrogen) atoms. The van der Waals surface area contributed by atoms with Gasteiger partial charge in [0.1, 0.15) is 10.8 Å². The van der Waals surface area contributed by atoms with Crippen molar-refractivity contribution in [2.24, 2.45) is 4.99 Å². The van der Waals surface area contributed by atoms with Gasteiger partial charge in [-0.15, -0.1) is 11.3 Å². The lowest BCUT2D eigenvalue weighted by atomic mass is 10.2. The molecular formula is C15H12ClFN4S. The van der Waals surface area contributed by atoms with Crippen molar-refractivity contribution in [1.82, 2.24) is 9.97 Å². The van der Waals surface area contributed by atoms with Crippen LogP contribution in [0.25, 0.3) is 20.8 Å². The SMILES string of the molecule is CN=C(C)Nc1nccc2nc(-c3c(F)cccc3Cl)sc12. The monoisotopic (exact) mass is 334 g/mol. The molecule has 0 unspecified atom stereocenters. The lowest BCUT2D eigenvalue weighted by Crippen LogP contribution is -2.07. The van der Waals surface area contributed by atoms with Crippen LogP contribution < -0.4 is 5.32 Å². The Kier molecular flexibility index (Phi) is 4.04. The highest BCUT2D eigenvalue weighted by Crippen LogP contribution is 2.37. The number of pyridine rings is 1. The van der Waals surface area contributed by atoms with E-state index in [4.69, 9.17) is 11.6 Å². The molecule has 0 amide bonds. The van der Waals surface area contributed by atoms with Crippen LogP contribution in [0.2, 0.25) is 5.02 Å². The molecule has 0 saturated carbocycles. The van der Waals surface area contributed by atoms with Gasteiger partial charge in [0.15, 0.2) is 5.82 Å². The van der Waals surface area contributed by atoms with Crippen LogP contribution in [-0.4, -0.2) is 22.9 Å². The average molecular weight is 335 g/mol. The van der Waals surface area contributed by atoms with Crippen molar-refractivity contribution >= 4 is 44.8 Å². The predicted molar refractivity (Wildman–Crippen MR) is 90.5 cm³/mol. The molecule has 0 spiro atoms. The molecule has 0 radical (unpaired) electrons. The fraction of sp³-hybridized carbons (Fsp3) is 0.133. The molecule has 3 rings (SSSR count). The molecule has 3 aromatic rings. The summed E-state index contributed by atoms with van der Waals surface area (Å²) < 4.78 is 14.9. The maximum atomic E-state index is 14.1. The Balaban J connectivity index is 2.16. The quantitative estimate of drug-likeness (QED) is 0.550. The fourth-order valence-corrected chi connectivity index (χ4v) is 3.36. The maximum absolute atomic E-state index is 14.1. The molecule has 2 heterocycles. The second-order valence-corrected chi connectivity index (χ2v) is 5.96. The number of amidine groups is 1. The number of aromatic nitrogens is 2. The zero-order valence-electron chi connectivity index (χ0n) is 11.9. The third kappa shape index (κ3) is 2.67. The Morgan fingerprint density at radius 3 is 2.91 bits per heavy atom. The van der Waals surface area contributed by atoms with Gasteiger partial charge in [-0.05, 0) is 25.1 Å². The summed E-state index contributed by atoms with van der Waals surface area (Å²) in [5.41, 5.74) is 1.05. The van der Waals surface area contributed by atoms with Crippen molar-refractivity contribution < 1.29 is 4.39 Å². The van der Waals surface area contributed by atoms with E-state index in [0.29, 0.717) is 21.4 Å². The van der Waals surface area contributed by atoms with Crippen LogP contribution in [0.3, 0.4) is 0 Å². The van der Waals surface area contributed by atoms with Gasteiger partial charge in [-0.3, -0.25) is 4.99 Å². The molecule has 0 saturated heterocycles. The minimum atomic E-state index is -0.389. The van der Waals surface area contributed by atoms with Crippen molar-refractivity contribution in [2.45, 2.75) is 6.92 Å². The van der Waals surface area contributed by atoms with Crippen molar-refractivity contribution in [3.63, 3.8) is 0 Å². The van der Waals surface area contributed by atoms with Crippen molar-refractivity contribution in [3.8, 4) is 10.6 Å². The fourth-order valence-electron chi connectivity index (χ4n) is 1.98. The minimum absolute atomic E-state index is 0.317. The van der Waals surface area contributed by atoms with Gasteiger partial charge in [0.05, 0.1) is 26.6 Å². The summed E-state index contributed by atoms with van der Waals surface area (Å²) in [7, 11) is 1.69. The van der Waals surface area contributed by atoms with Gasteiger partial charge in [-0.25, -0.2) is 14.4 Å². The first-order chi connectivity index (χ1) is 10.6. The molecule has 0 aliphatic rings. The van der Waals surface area contributed by atoms with E-state index < -0.39 is 0 Å². The third-order valence-corrected chi connectivity index (χ3v) is 4.53. The van der Waals surface area contributed by atoms with Crippen LogP contribution in [0, 0.1) is 5.82 Å². The number of thiazole rings is 1. The molecule has 1 N–H and O–H groups in total. The highest BCUT2D eigenvalue weighted by molar-refractivity contribution is 7.22. The van der Waals surface area contributed by atoms with Gasteiger partial charge in [0, 0.05) is 13.2 Å². The number of rotatable bonds is 2. The Bertz CT molecular complexity index is 855. The molecule has 0 aliphatic heterocycles. The van der Waals surface area contributed by atoms with Gasteiger partial charge in [0.2, 0.25) is 0 Å². The van der Waals surface area contributed by atoms with Gasteiger partial charge >= 0.3 is 0 Å². The molecule has 2 aromatic heterocycles. The molecule has 0 atom stereocenters. The third-order valence-electron chi connectivity index (χ3n) is 3.12. The summed E-state index contributed by atoms with van der Waals surface area (Å²) in [5.74, 6) is 0.996. The Morgan fingerprint density at radius 1 is 1.36 bits per heavy atom. The Labute approximate surface area is 135 Å². The van der Waals surface area contributed by atoms with Gasteiger partial charge < -0.3 is 5.32 Å². The highest BCUT2D eigenvalue weighted by atomic mass is 35.5. The number of anilines is 1. The number of benzene rings is 1. The molecule has 0 bridgehead atoms. The largest absolute Gasteiger partial charge is 0.328 e. The highest BCUT2D eigenvalue weighted by Gasteiger charge is 2.16. The van der Waals surface area contributed by atoms with Crippen LogP contribution >= 0.6 is 22.9 Å². The summed E-state index contributed by atoms with van der Waals surface area (Å²) in [6.07, 6.45) is 1.65. The van der Waals surface area contributed by atoms with Crippen LogP contribution in [-0.2, 0) is 0 Å². The molecule has 0 aliphatic carbocycles. The van der Waals surface area contributed by atoms with Crippen molar-refractivity contribution in [1.29, 1.82) is 0 Å². The summed E-state index contributed by atoms with van der Waals surface area (Å²) in [4.78, 5) is 12.8. The lowest BCUT2D eigenvalue weighted by molar-refractivity contribution is 0.631. The van der Waals surface area contributed by atoms with E-state index in [1.807, 2.05) is 6.92 Å². The van der Waals surface area contributed by atoms with Crippen LogP contribution in [0.15, 0.2) is 35.5 Å². The summed E-state index contributed by atoms with van der Waals surface area (Å²) in [6, 6.07) is 6.38. The first-order valence-corrected chi connectivity index (χ1v) is 7.70. The van der Waals surface area contributed by atoms with Crippen LogP contribution in [0.4, 0.5) is 10.2 Å². The van der Waals surface area contributed by atoms with Crippen molar-refractivity contribution in [2.75, 3.05) is 12.4 Å². The standard InChI is InChI=1S/C15H12ClFN4S/c1-8(18-2)20-14-13-11(6-7-19-14)21-15(22-13)12-9(16)4-3-5-10(12)17/h3-7H,1-2H3,(H,18,19,20). The normalized spacial score (nSPS) is 11.9. The van der Waals surface area contributed by atoms with Gasteiger partial charge in [0.25, 0.3) is 0 Å². The van der Waals surface area contributed by atoms with Gasteiger partial charge in [-0.2, -0.15) is 0 Å². The number of aliphatic imine (C=N–C) groups is 1. The minimum Gasteiger partial charge on any atom is -0.328 e. The second kappa shape index (κ2) is 5.98. The topological polar surface area (TPSA) is 50.2 Å². The molecular weight excluding hydrogens is 323 g/mol. The van der Waals surface area contributed by atoms with Gasteiger partial charge in [-0.1, -0.05) is 17.7 Å². The second-order valence-electron chi connectivity index (χ2n) is 4.56. The van der Waals surface area contributed by atoms with E-state index in [0.717, 1.165) is 16.1 Å². The number of hydrogen-bond donors (Lipinski definition) is 1. The molecule has 4 nitrogen and oxygen atoms in total. The smallest absolute Gasteiger partial charge is 0.150 e. The van der Waals surface area contributed by atoms with E-state index in [2.05, 4.69) is 20.3 Å². The predicted octanol–water partition coefficient (Wildman–Crippen LogP) is 4.61. The average Bonchev–Trinajstić information content (AvgIpc) is 2.91. The molecule has 112 valence electrons. The zero-order valence-corrected chi connectivity index (χ0v) is 13.5. The van der Waals surface area contributed by atoms with E-state index in [1.54, 1.807) is 31.4 Å². The molecule has 1 aromatic carbocycles.